The minimum atomic E-state index is -1.43. The van der Waals surface area contributed by atoms with Gasteiger partial charge in [-0.1, -0.05) is 30.3 Å². The first-order chi connectivity index (χ1) is 15.9. The lowest BCUT2D eigenvalue weighted by molar-refractivity contribution is -0.151. The number of nitrogens with one attached hydrogen (secondary N) is 1. The SMILES string of the molecule is COc1cc(CNC[C@]2(O)CN(C(=O)CCc3ccccc3)CC[C@H]2O)cc(OC)c1OC. The van der Waals surface area contributed by atoms with Crippen LogP contribution < -0.4 is 19.5 Å². The van der Waals surface area contributed by atoms with E-state index in [1.54, 1.807) is 26.2 Å². The maximum Gasteiger partial charge on any atom is 0.223 e. The third-order valence-corrected chi connectivity index (χ3v) is 6.07. The Morgan fingerprint density at radius 2 is 1.76 bits per heavy atom. The normalized spacial score (nSPS) is 20.4. The highest BCUT2D eigenvalue weighted by molar-refractivity contribution is 5.76. The van der Waals surface area contributed by atoms with Gasteiger partial charge in [-0.25, -0.2) is 0 Å². The number of methoxy groups -OCH3 is 3. The molecule has 2 aromatic rings. The van der Waals surface area contributed by atoms with Crippen molar-refractivity contribution in [3.8, 4) is 17.2 Å². The zero-order valence-corrected chi connectivity index (χ0v) is 19.5. The number of hydrogen-bond donors (Lipinski definition) is 3. The summed E-state index contributed by atoms with van der Waals surface area (Å²) in [5, 5.41) is 24.8. The van der Waals surface area contributed by atoms with Crippen molar-refractivity contribution in [1.82, 2.24) is 10.2 Å². The van der Waals surface area contributed by atoms with Gasteiger partial charge in [-0.05, 0) is 36.1 Å². The van der Waals surface area contributed by atoms with Crippen LogP contribution in [0.2, 0.25) is 0 Å². The highest BCUT2D eigenvalue weighted by Crippen LogP contribution is 2.38. The van der Waals surface area contributed by atoms with Crippen LogP contribution in [0.25, 0.3) is 0 Å². The molecule has 1 aliphatic rings. The van der Waals surface area contributed by atoms with Crippen molar-refractivity contribution >= 4 is 5.91 Å². The lowest BCUT2D eigenvalue weighted by Gasteiger charge is -2.43. The Morgan fingerprint density at radius 1 is 1.09 bits per heavy atom. The number of β-amino-alcohol motifs (C(OH)–C–C–N with tert-alkyl or cyclic N) is 1. The molecular formula is C25H34N2O6. The van der Waals surface area contributed by atoms with Crippen LogP contribution in [0.3, 0.4) is 0 Å². The zero-order chi connectivity index (χ0) is 23.8. The van der Waals surface area contributed by atoms with Crippen LogP contribution in [0.1, 0.15) is 24.0 Å². The molecule has 8 heteroatoms. The Morgan fingerprint density at radius 3 is 2.36 bits per heavy atom. The number of aliphatic hydroxyl groups is 2. The van der Waals surface area contributed by atoms with Crippen molar-refractivity contribution in [2.24, 2.45) is 0 Å². The van der Waals surface area contributed by atoms with Gasteiger partial charge in [0.15, 0.2) is 11.5 Å². The second kappa shape index (κ2) is 11.4. The molecule has 2 atom stereocenters. The third kappa shape index (κ3) is 6.16. The second-order valence-corrected chi connectivity index (χ2v) is 8.35. The smallest absolute Gasteiger partial charge is 0.223 e. The predicted molar refractivity (Wildman–Crippen MR) is 125 cm³/mol. The summed E-state index contributed by atoms with van der Waals surface area (Å²) in [5.74, 6) is 1.57. The number of carbonyl (C=O) groups excluding carboxylic acids is 1. The molecule has 33 heavy (non-hydrogen) atoms. The molecule has 0 saturated carbocycles. The van der Waals surface area contributed by atoms with E-state index in [0.717, 1.165) is 11.1 Å². The first-order valence-electron chi connectivity index (χ1n) is 11.1. The number of benzene rings is 2. The molecule has 8 nitrogen and oxygen atoms in total. The Labute approximate surface area is 195 Å². The van der Waals surface area contributed by atoms with E-state index >= 15 is 0 Å². The number of piperidine rings is 1. The molecule has 1 aliphatic heterocycles. The summed E-state index contributed by atoms with van der Waals surface area (Å²) in [6.07, 6.45) is 0.438. The van der Waals surface area contributed by atoms with Crippen LogP contribution in [0, 0.1) is 0 Å². The lowest BCUT2D eigenvalue weighted by Crippen LogP contribution is -2.62. The van der Waals surface area contributed by atoms with Crippen molar-refractivity contribution in [1.29, 1.82) is 0 Å². The minimum Gasteiger partial charge on any atom is -0.493 e. The summed E-state index contributed by atoms with van der Waals surface area (Å²) in [6.45, 7) is 1.06. The summed E-state index contributed by atoms with van der Waals surface area (Å²) in [5.41, 5.74) is 0.542. The van der Waals surface area contributed by atoms with Gasteiger partial charge in [0.2, 0.25) is 11.7 Å². The quantitative estimate of drug-likeness (QED) is 0.499. The summed E-state index contributed by atoms with van der Waals surface area (Å²) in [7, 11) is 4.66. The van der Waals surface area contributed by atoms with Crippen molar-refractivity contribution < 1.29 is 29.2 Å². The van der Waals surface area contributed by atoms with Gasteiger partial charge in [-0.15, -0.1) is 0 Å². The van der Waals surface area contributed by atoms with Gasteiger partial charge < -0.3 is 34.6 Å². The molecule has 2 aromatic carbocycles. The molecule has 180 valence electrons. The molecule has 0 radical (unpaired) electrons. The zero-order valence-electron chi connectivity index (χ0n) is 19.5. The number of aryl methyl sites for hydroxylation is 1. The first kappa shape index (κ1) is 24.8. The Bertz CT molecular complexity index is 897. The van der Waals surface area contributed by atoms with E-state index < -0.39 is 11.7 Å². The Balaban J connectivity index is 1.58. The molecule has 0 spiro atoms. The average Bonchev–Trinajstić information content (AvgIpc) is 2.84. The Kier molecular flexibility index (Phi) is 8.55. The molecule has 0 aliphatic carbocycles. The van der Waals surface area contributed by atoms with Crippen LogP contribution >= 0.6 is 0 Å². The maximum atomic E-state index is 12.7. The number of rotatable bonds is 10. The van der Waals surface area contributed by atoms with E-state index in [1.165, 1.54) is 0 Å². The van der Waals surface area contributed by atoms with Crippen LogP contribution in [0.5, 0.6) is 17.2 Å². The monoisotopic (exact) mass is 458 g/mol. The fourth-order valence-electron chi connectivity index (χ4n) is 4.16. The molecule has 1 amide bonds. The van der Waals surface area contributed by atoms with Crippen molar-refractivity contribution in [3.63, 3.8) is 0 Å². The van der Waals surface area contributed by atoms with Gasteiger partial charge in [-0.3, -0.25) is 4.79 Å². The number of carbonyl (C=O) groups is 1. The largest absolute Gasteiger partial charge is 0.493 e. The molecule has 0 unspecified atom stereocenters. The molecule has 1 heterocycles. The number of nitrogens with zero attached hydrogens (tertiary/aromatic N) is 1. The number of likely N-dealkylation sites (tertiary alicyclic amines) is 1. The standard InChI is InChI=1S/C25H34N2O6/c1-31-20-13-19(14-21(32-2)24(20)33-3)15-26-16-25(30)17-27(12-11-22(25)28)23(29)10-9-18-7-5-4-6-8-18/h4-8,13-14,22,26,28,30H,9-12,15-17H2,1-3H3/t22-,25+/m1/s1. The highest BCUT2D eigenvalue weighted by atomic mass is 16.5. The molecule has 1 saturated heterocycles. The number of amides is 1. The van der Waals surface area contributed by atoms with E-state index in [2.05, 4.69) is 5.32 Å². The third-order valence-electron chi connectivity index (χ3n) is 6.07. The summed E-state index contributed by atoms with van der Waals surface area (Å²) < 4.78 is 16.1. The first-order valence-corrected chi connectivity index (χ1v) is 11.1. The van der Waals surface area contributed by atoms with E-state index in [4.69, 9.17) is 14.2 Å². The van der Waals surface area contributed by atoms with Crippen molar-refractivity contribution in [2.45, 2.75) is 37.5 Å². The molecule has 3 N–H and O–H groups in total. The Hall–Kier alpha value is -2.81. The molecule has 0 aromatic heterocycles. The fraction of sp³-hybridized carbons (Fsp3) is 0.480. The van der Waals surface area contributed by atoms with Crippen molar-refractivity contribution in [2.75, 3.05) is 41.0 Å². The fourth-order valence-corrected chi connectivity index (χ4v) is 4.16. The molecule has 0 bridgehead atoms. The van der Waals surface area contributed by atoms with E-state index in [9.17, 15) is 15.0 Å². The van der Waals surface area contributed by atoms with Crippen LogP contribution in [0.15, 0.2) is 42.5 Å². The van der Waals surface area contributed by atoms with Crippen LogP contribution in [-0.4, -0.2) is 73.7 Å². The predicted octanol–water partition coefficient (Wildman–Crippen LogP) is 1.76. The van der Waals surface area contributed by atoms with Gasteiger partial charge in [-0.2, -0.15) is 0 Å². The van der Waals surface area contributed by atoms with E-state index in [-0.39, 0.29) is 19.0 Å². The highest BCUT2D eigenvalue weighted by Gasteiger charge is 2.42. The number of ether oxygens (including phenoxy) is 3. The molecule has 1 fully saturated rings. The van der Waals surface area contributed by atoms with Crippen LogP contribution in [-0.2, 0) is 17.8 Å². The molecule has 3 rings (SSSR count). The maximum absolute atomic E-state index is 12.7. The second-order valence-electron chi connectivity index (χ2n) is 8.35. The van der Waals surface area contributed by atoms with E-state index in [1.807, 2.05) is 42.5 Å². The van der Waals surface area contributed by atoms with Gasteiger partial charge in [0.25, 0.3) is 0 Å². The minimum absolute atomic E-state index is 0.0196. The number of aliphatic hydroxyl groups excluding tert-OH is 1. The van der Waals surface area contributed by atoms with Gasteiger partial charge >= 0.3 is 0 Å². The van der Waals surface area contributed by atoms with E-state index in [0.29, 0.717) is 49.6 Å². The summed E-state index contributed by atoms with van der Waals surface area (Å²) >= 11 is 0. The molecular weight excluding hydrogens is 424 g/mol. The van der Waals surface area contributed by atoms with Gasteiger partial charge in [0.1, 0.15) is 5.60 Å². The van der Waals surface area contributed by atoms with Crippen molar-refractivity contribution in [3.05, 3.63) is 53.6 Å². The number of hydrogen-bond acceptors (Lipinski definition) is 7. The summed E-state index contributed by atoms with van der Waals surface area (Å²) in [6, 6.07) is 13.5. The summed E-state index contributed by atoms with van der Waals surface area (Å²) in [4.78, 5) is 14.4. The lowest BCUT2D eigenvalue weighted by atomic mass is 9.89. The van der Waals surface area contributed by atoms with Gasteiger partial charge in [0.05, 0.1) is 34.0 Å². The van der Waals surface area contributed by atoms with Gasteiger partial charge in [0, 0.05) is 26.1 Å². The van der Waals surface area contributed by atoms with Crippen LogP contribution in [0.4, 0.5) is 0 Å². The topological polar surface area (TPSA) is 100 Å². The average molecular weight is 459 g/mol.